The van der Waals surface area contributed by atoms with Gasteiger partial charge in [-0.25, -0.2) is 0 Å². The summed E-state index contributed by atoms with van der Waals surface area (Å²) in [6, 6.07) is 0. The predicted molar refractivity (Wildman–Crippen MR) is 70.4 cm³/mol. The maximum Gasteiger partial charge on any atom is 0.153 e. The van der Waals surface area contributed by atoms with Gasteiger partial charge in [0.1, 0.15) is 0 Å². The van der Waals surface area contributed by atoms with Gasteiger partial charge in [-0.15, -0.1) is 0 Å². The maximum absolute atomic E-state index is 8.51. The molecule has 0 aliphatic carbocycles. The summed E-state index contributed by atoms with van der Waals surface area (Å²) >= 11 is 0. The van der Waals surface area contributed by atoms with Crippen LogP contribution in [0.5, 0.6) is 0 Å². The lowest BCUT2D eigenvalue weighted by atomic mass is 10.2. The van der Waals surface area contributed by atoms with Crippen molar-refractivity contribution in [2.75, 3.05) is 39.3 Å². The van der Waals surface area contributed by atoms with Crippen molar-refractivity contribution in [2.45, 2.75) is 32.6 Å². The fourth-order valence-corrected chi connectivity index (χ4v) is 2.19. The zero-order valence-electron chi connectivity index (χ0n) is 10.9. The van der Waals surface area contributed by atoms with Gasteiger partial charge < -0.3 is 15.8 Å². The number of unbranched alkanes of at least 4 members (excludes halogenated alkanes) is 3. The monoisotopic (exact) mass is 242 g/mol. The molecule has 1 rings (SSSR count). The van der Waals surface area contributed by atoms with Crippen molar-refractivity contribution >= 4 is 5.84 Å². The number of hydrogen-bond acceptors (Lipinski definition) is 4. The summed E-state index contributed by atoms with van der Waals surface area (Å²) in [5.41, 5.74) is 5.50. The van der Waals surface area contributed by atoms with Crippen molar-refractivity contribution in [1.29, 1.82) is 0 Å². The van der Waals surface area contributed by atoms with Gasteiger partial charge in [-0.05, 0) is 13.0 Å². The standard InChI is InChI=1S/C12H26N4O/c1-2-3-4-5-6-15-7-9-16(10-8-15)11-12(13)14-17/h17H,2-11H2,1H3,(H2,13,14). The lowest BCUT2D eigenvalue weighted by molar-refractivity contribution is 0.142. The van der Waals surface area contributed by atoms with Gasteiger partial charge in [-0.1, -0.05) is 31.3 Å². The first-order valence-electron chi connectivity index (χ1n) is 6.67. The third-order valence-corrected chi connectivity index (χ3v) is 3.31. The Morgan fingerprint density at radius 2 is 1.76 bits per heavy atom. The summed E-state index contributed by atoms with van der Waals surface area (Å²) in [5.74, 6) is 0.307. The molecule has 1 heterocycles. The number of piperazine rings is 1. The average molecular weight is 242 g/mol. The summed E-state index contributed by atoms with van der Waals surface area (Å²) in [7, 11) is 0. The summed E-state index contributed by atoms with van der Waals surface area (Å²) < 4.78 is 0. The van der Waals surface area contributed by atoms with E-state index in [4.69, 9.17) is 10.9 Å². The summed E-state index contributed by atoms with van der Waals surface area (Å²) in [6.07, 6.45) is 5.31. The van der Waals surface area contributed by atoms with Gasteiger partial charge in [-0.2, -0.15) is 0 Å². The molecule has 1 fully saturated rings. The van der Waals surface area contributed by atoms with Gasteiger partial charge >= 0.3 is 0 Å². The van der Waals surface area contributed by atoms with Gasteiger partial charge in [0.05, 0.1) is 6.54 Å². The molecule has 0 aromatic rings. The van der Waals surface area contributed by atoms with Gasteiger partial charge in [-0.3, -0.25) is 4.90 Å². The smallest absolute Gasteiger partial charge is 0.153 e. The molecule has 0 aromatic heterocycles. The van der Waals surface area contributed by atoms with Crippen LogP contribution in [0.2, 0.25) is 0 Å². The van der Waals surface area contributed by atoms with Crippen LogP contribution >= 0.6 is 0 Å². The van der Waals surface area contributed by atoms with E-state index < -0.39 is 0 Å². The van der Waals surface area contributed by atoms with E-state index in [2.05, 4.69) is 21.9 Å². The molecular weight excluding hydrogens is 216 g/mol. The second-order valence-electron chi connectivity index (χ2n) is 4.77. The molecule has 0 atom stereocenters. The van der Waals surface area contributed by atoms with Crippen LogP contribution in [0.25, 0.3) is 0 Å². The molecule has 0 spiro atoms. The summed E-state index contributed by atoms with van der Waals surface area (Å²) in [6.45, 7) is 8.28. The molecule has 0 saturated carbocycles. The Morgan fingerprint density at radius 1 is 1.12 bits per heavy atom. The Kier molecular flexibility index (Phi) is 6.96. The molecule has 0 amide bonds. The van der Waals surface area contributed by atoms with Crippen LogP contribution in [0.1, 0.15) is 32.6 Å². The second-order valence-corrected chi connectivity index (χ2v) is 4.77. The van der Waals surface area contributed by atoms with Gasteiger partial charge in [0.2, 0.25) is 0 Å². The molecule has 1 aliphatic rings. The Morgan fingerprint density at radius 3 is 2.35 bits per heavy atom. The quantitative estimate of drug-likeness (QED) is 0.229. The SMILES string of the molecule is CCCCCCN1CCN(CC(N)=NO)CC1. The zero-order chi connectivity index (χ0) is 12.5. The molecule has 0 bridgehead atoms. The number of amidine groups is 1. The maximum atomic E-state index is 8.51. The average Bonchev–Trinajstić information content (AvgIpc) is 2.36. The van der Waals surface area contributed by atoms with E-state index in [1.54, 1.807) is 0 Å². The Hall–Kier alpha value is -0.810. The minimum absolute atomic E-state index is 0.307. The first kappa shape index (κ1) is 14.3. The molecule has 0 radical (unpaired) electrons. The minimum Gasteiger partial charge on any atom is -0.409 e. The lowest BCUT2D eigenvalue weighted by Gasteiger charge is -2.34. The van der Waals surface area contributed by atoms with Crippen LogP contribution in [-0.4, -0.2) is 60.1 Å². The van der Waals surface area contributed by atoms with Gasteiger partial charge in [0.15, 0.2) is 5.84 Å². The highest BCUT2D eigenvalue weighted by molar-refractivity contribution is 5.81. The molecule has 17 heavy (non-hydrogen) atoms. The fraction of sp³-hybridized carbons (Fsp3) is 0.917. The van der Waals surface area contributed by atoms with E-state index in [0.717, 1.165) is 26.2 Å². The first-order chi connectivity index (χ1) is 8.26. The molecule has 3 N–H and O–H groups in total. The highest BCUT2D eigenvalue weighted by Crippen LogP contribution is 2.05. The van der Waals surface area contributed by atoms with Crippen LogP contribution in [0.4, 0.5) is 0 Å². The summed E-state index contributed by atoms with van der Waals surface area (Å²) in [4.78, 5) is 4.75. The van der Waals surface area contributed by atoms with Crippen LogP contribution in [0.3, 0.4) is 0 Å². The number of rotatable bonds is 7. The highest BCUT2D eigenvalue weighted by Gasteiger charge is 2.16. The topological polar surface area (TPSA) is 65.1 Å². The van der Waals surface area contributed by atoms with E-state index >= 15 is 0 Å². The molecule has 1 saturated heterocycles. The van der Waals surface area contributed by atoms with Crippen molar-refractivity contribution in [3.05, 3.63) is 0 Å². The zero-order valence-corrected chi connectivity index (χ0v) is 10.9. The van der Waals surface area contributed by atoms with Gasteiger partial charge in [0.25, 0.3) is 0 Å². The van der Waals surface area contributed by atoms with E-state index in [9.17, 15) is 0 Å². The molecule has 1 aliphatic heterocycles. The summed E-state index contributed by atoms with van der Waals surface area (Å²) in [5, 5.41) is 11.5. The van der Waals surface area contributed by atoms with Crippen molar-refractivity contribution in [1.82, 2.24) is 9.80 Å². The van der Waals surface area contributed by atoms with Crippen molar-refractivity contribution in [3.8, 4) is 0 Å². The molecule has 100 valence electrons. The third-order valence-electron chi connectivity index (χ3n) is 3.31. The number of nitrogens with zero attached hydrogens (tertiary/aromatic N) is 3. The normalized spacial score (nSPS) is 19.7. The van der Waals surface area contributed by atoms with E-state index in [1.165, 1.54) is 32.2 Å². The van der Waals surface area contributed by atoms with Crippen LogP contribution in [0.15, 0.2) is 5.16 Å². The van der Waals surface area contributed by atoms with Crippen LogP contribution < -0.4 is 5.73 Å². The Bertz CT molecular complexity index is 225. The lowest BCUT2D eigenvalue weighted by Crippen LogP contribution is -2.48. The van der Waals surface area contributed by atoms with Gasteiger partial charge in [0, 0.05) is 26.2 Å². The second kappa shape index (κ2) is 8.31. The number of nitrogens with two attached hydrogens (primary N) is 1. The highest BCUT2D eigenvalue weighted by atomic mass is 16.4. The molecular formula is C12H26N4O. The van der Waals surface area contributed by atoms with E-state index in [0.29, 0.717) is 12.4 Å². The predicted octanol–water partition coefficient (Wildman–Crippen LogP) is 0.931. The van der Waals surface area contributed by atoms with Crippen molar-refractivity contribution in [2.24, 2.45) is 10.9 Å². The Balaban J connectivity index is 2.09. The van der Waals surface area contributed by atoms with Crippen molar-refractivity contribution in [3.63, 3.8) is 0 Å². The largest absolute Gasteiger partial charge is 0.409 e. The van der Waals surface area contributed by atoms with Crippen molar-refractivity contribution < 1.29 is 5.21 Å². The molecule has 0 unspecified atom stereocenters. The molecule has 0 aromatic carbocycles. The minimum atomic E-state index is 0.307. The van der Waals surface area contributed by atoms with E-state index in [-0.39, 0.29) is 0 Å². The Labute approximate surface area is 104 Å². The molecule has 5 nitrogen and oxygen atoms in total. The molecule has 5 heteroatoms. The third kappa shape index (κ3) is 5.89. The van der Waals surface area contributed by atoms with Crippen LogP contribution in [-0.2, 0) is 0 Å². The number of hydrogen-bond donors (Lipinski definition) is 2. The first-order valence-corrected chi connectivity index (χ1v) is 6.67. The van der Waals surface area contributed by atoms with E-state index in [1.807, 2.05) is 0 Å². The fourth-order valence-electron chi connectivity index (χ4n) is 2.19. The number of oxime groups is 1. The van der Waals surface area contributed by atoms with Crippen LogP contribution in [0, 0.1) is 0 Å².